The highest BCUT2D eigenvalue weighted by Crippen LogP contribution is 2.36. The van der Waals surface area contributed by atoms with Crippen LogP contribution in [0.4, 0.5) is 26.3 Å². The molecule has 0 bridgehead atoms. The Morgan fingerprint density at radius 3 is 2.10 bits per heavy atom. The minimum atomic E-state index is -5.07. The molecule has 20 heavy (non-hydrogen) atoms. The van der Waals surface area contributed by atoms with E-state index in [-0.39, 0.29) is 0 Å². The summed E-state index contributed by atoms with van der Waals surface area (Å²) in [5, 5.41) is 0. The molecule has 1 nitrogen and oxygen atoms in total. The van der Waals surface area contributed by atoms with Gasteiger partial charge in [-0.2, -0.15) is 0 Å². The van der Waals surface area contributed by atoms with Crippen molar-refractivity contribution in [3.63, 3.8) is 0 Å². The summed E-state index contributed by atoms with van der Waals surface area (Å²) in [5.74, 6) is -4.21. The number of hydrogen-bond acceptors (Lipinski definition) is 1. The fraction of sp³-hybridized carbons (Fsp3) is 0.0769. The lowest BCUT2D eigenvalue weighted by atomic mass is 10.0. The first-order chi connectivity index (χ1) is 9.28. The van der Waals surface area contributed by atoms with Gasteiger partial charge in [0.15, 0.2) is 0 Å². The minimum Gasteiger partial charge on any atom is -0.405 e. The van der Waals surface area contributed by atoms with Gasteiger partial charge in [0.25, 0.3) is 0 Å². The first kappa shape index (κ1) is 14.2. The van der Waals surface area contributed by atoms with Crippen LogP contribution in [0, 0.1) is 23.5 Å². The Kier molecular flexibility index (Phi) is 3.61. The second-order valence-electron chi connectivity index (χ2n) is 3.71. The molecule has 0 aliphatic carbocycles. The van der Waals surface area contributed by atoms with Crippen molar-refractivity contribution in [2.45, 2.75) is 6.36 Å². The van der Waals surface area contributed by atoms with Crippen LogP contribution < -0.4 is 4.74 Å². The third kappa shape index (κ3) is 3.04. The van der Waals surface area contributed by atoms with Crippen molar-refractivity contribution in [3.8, 4) is 16.9 Å². The van der Waals surface area contributed by atoms with Gasteiger partial charge in [-0.3, -0.25) is 0 Å². The minimum absolute atomic E-state index is 0.558. The summed E-state index contributed by atoms with van der Waals surface area (Å²) in [6.07, 6.45) is -5.07. The van der Waals surface area contributed by atoms with Gasteiger partial charge in [0.05, 0.1) is 5.56 Å². The largest absolute Gasteiger partial charge is 0.573 e. The van der Waals surface area contributed by atoms with E-state index in [1.165, 1.54) is 0 Å². The molecule has 2 rings (SSSR count). The van der Waals surface area contributed by atoms with Gasteiger partial charge in [-0.15, -0.1) is 13.2 Å². The molecule has 0 fully saturated rings. The van der Waals surface area contributed by atoms with E-state index in [1.54, 1.807) is 0 Å². The molecule has 0 unspecified atom stereocenters. The van der Waals surface area contributed by atoms with Gasteiger partial charge < -0.3 is 4.74 Å². The van der Waals surface area contributed by atoms with E-state index in [1.807, 2.05) is 0 Å². The monoisotopic (exact) mass is 291 g/mol. The second-order valence-corrected chi connectivity index (χ2v) is 3.71. The smallest absolute Gasteiger partial charge is 0.405 e. The average molecular weight is 291 g/mol. The van der Waals surface area contributed by atoms with Crippen LogP contribution in [0.1, 0.15) is 0 Å². The zero-order chi connectivity index (χ0) is 14.9. The number of rotatable bonds is 2. The van der Waals surface area contributed by atoms with Crippen LogP contribution in [0.2, 0.25) is 0 Å². The molecule has 0 atom stereocenters. The Hall–Kier alpha value is -2.18. The zero-order valence-electron chi connectivity index (χ0n) is 9.56. The van der Waals surface area contributed by atoms with Crippen LogP contribution in [0.15, 0.2) is 30.3 Å². The third-order valence-corrected chi connectivity index (χ3v) is 2.33. The van der Waals surface area contributed by atoms with Crippen molar-refractivity contribution in [2.75, 3.05) is 0 Å². The fourth-order valence-corrected chi connectivity index (χ4v) is 1.61. The summed E-state index contributed by atoms with van der Waals surface area (Å²) in [4.78, 5) is 0. The number of alkyl halides is 3. The van der Waals surface area contributed by atoms with Crippen molar-refractivity contribution in [1.82, 2.24) is 0 Å². The second kappa shape index (κ2) is 5.07. The Morgan fingerprint density at radius 1 is 0.950 bits per heavy atom. The van der Waals surface area contributed by atoms with Crippen LogP contribution in [0.25, 0.3) is 11.1 Å². The number of halogens is 6. The van der Waals surface area contributed by atoms with E-state index in [9.17, 15) is 26.3 Å². The highest BCUT2D eigenvalue weighted by molar-refractivity contribution is 5.71. The summed E-state index contributed by atoms with van der Waals surface area (Å²) in [7, 11) is 0. The number of ether oxygens (including phenoxy) is 1. The van der Waals surface area contributed by atoms with E-state index in [0.717, 1.165) is 12.1 Å². The first-order valence-corrected chi connectivity index (χ1v) is 5.18. The maximum absolute atomic E-state index is 13.6. The number of hydrogen-bond donors (Lipinski definition) is 0. The lowest BCUT2D eigenvalue weighted by Crippen LogP contribution is -2.17. The van der Waals surface area contributed by atoms with Crippen LogP contribution in [0.5, 0.6) is 5.75 Å². The molecule has 0 aliphatic heterocycles. The van der Waals surface area contributed by atoms with Gasteiger partial charge >= 0.3 is 6.36 Å². The van der Waals surface area contributed by atoms with E-state index in [2.05, 4.69) is 10.8 Å². The van der Waals surface area contributed by atoms with Crippen molar-refractivity contribution < 1.29 is 31.1 Å². The van der Waals surface area contributed by atoms with Crippen molar-refractivity contribution in [1.29, 1.82) is 0 Å². The molecule has 0 amide bonds. The Bertz CT molecular complexity index is 615. The normalized spacial score (nSPS) is 11.5. The van der Waals surface area contributed by atoms with Gasteiger partial charge in [0, 0.05) is 5.56 Å². The first-order valence-electron chi connectivity index (χ1n) is 5.18. The molecule has 2 aromatic carbocycles. The lowest BCUT2D eigenvalue weighted by molar-refractivity contribution is -0.274. The summed E-state index contributed by atoms with van der Waals surface area (Å²) >= 11 is 0. The van der Waals surface area contributed by atoms with Crippen LogP contribution in [0.3, 0.4) is 0 Å². The summed E-state index contributed by atoms with van der Waals surface area (Å²) in [6.45, 7) is 0. The van der Waals surface area contributed by atoms with Crippen molar-refractivity contribution in [3.05, 3.63) is 53.8 Å². The summed E-state index contributed by atoms with van der Waals surface area (Å²) in [6, 6.07) is 5.46. The van der Waals surface area contributed by atoms with Crippen molar-refractivity contribution >= 4 is 0 Å². The van der Waals surface area contributed by atoms with Gasteiger partial charge in [-0.25, -0.2) is 13.2 Å². The van der Waals surface area contributed by atoms with Gasteiger partial charge in [0.1, 0.15) is 23.2 Å². The molecule has 0 saturated carbocycles. The Labute approximate surface area is 109 Å². The predicted molar refractivity (Wildman–Crippen MR) is 57.3 cm³/mol. The zero-order valence-corrected chi connectivity index (χ0v) is 9.56. The molecular formula is C13H5F6O. The highest BCUT2D eigenvalue weighted by atomic mass is 19.4. The average Bonchev–Trinajstić information content (AvgIpc) is 2.30. The van der Waals surface area contributed by atoms with Gasteiger partial charge in [-0.1, -0.05) is 0 Å². The molecule has 0 heterocycles. The maximum atomic E-state index is 13.6. The Balaban J connectivity index is 2.63. The fourth-order valence-electron chi connectivity index (χ4n) is 1.61. The topological polar surface area (TPSA) is 9.23 Å². The molecular weight excluding hydrogens is 286 g/mol. The lowest BCUT2D eigenvalue weighted by Gasteiger charge is -2.14. The third-order valence-electron chi connectivity index (χ3n) is 2.33. The van der Waals surface area contributed by atoms with E-state index < -0.39 is 40.7 Å². The molecule has 0 spiro atoms. The van der Waals surface area contributed by atoms with E-state index >= 15 is 0 Å². The maximum Gasteiger partial charge on any atom is 0.573 e. The quantitative estimate of drug-likeness (QED) is 0.742. The SMILES string of the molecule is Fc1ccc(OC(F)(F)F)c(-c2c(F)c[c]cc2F)c1. The highest BCUT2D eigenvalue weighted by Gasteiger charge is 2.33. The molecule has 0 aromatic heterocycles. The molecule has 105 valence electrons. The molecule has 1 radical (unpaired) electrons. The molecule has 2 aromatic rings. The van der Waals surface area contributed by atoms with Gasteiger partial charge in [0.2, 0.25) is 0 Å². The summed E-state index contributed by atoms with van der Waals surface area (Å²) < 4.78 is 80.6. The molecule has 0 saturated heterocycles. The molecule has 0 aliphatic rings. The summed E-state index contributed by atoms with van der Waals surface area (Å²) in [5.41, 5.74) is -1.49. The van der Waals surface area contributed by atoms with E-state index in [0.29, 0.717) is 18.2 Å². The number of benzene rings is 2. The van der Waals surface area contributed by atoms with Crippen molar-refractivity contribution in [2.24, 2.45) is 0 Å². The van der Waals surface area contributed by atoms with Gasteiger partial charge in [-0.05, 0) is 36.4 Å². The van der Waals surface area contributed by atoms with Crippen LogP contribution in [-0.4, -0.2) is 6.36 Å². The van der Waals surface area contributed by atoms with Crippen LogP contribution in [-0.2, 0) is 0 Å². The standard InChI is InChI=1S/C13H5F6O/c14-7-4-5-11(20-13(17,18)19)8(6-7)12-9(15)2-1-3-10(12)16/h2-6H. The van der Waals surface area contributed by atoms with Crippen LogP contribution >= 0.6 is 0 Å². The Morgan fingerprint density at radius 2 is 1.55 bits per heavy atom. The molecule has 7 heteroatoms. The van der Waals surface area contributed by atoms with E-state index in [4.69, 9.17) is 0 Å². The predicted octanol–water partition coefficient (Wildman–Crippen LogP) is 4.47. The molecule has 0 N–H and O–H groups in total.